The molecular formula is C16H14N4O3S2. The maximum Gasteiger partial charge on any atom is 0.260 e. The van der Waals surface area contributed by atoms with Crippen molar-refractivity contribution in [2.75, 3.05) is 5.32 Å². The maximum absolute atomic E-state index is 12.2. The Hall–Kier alpha value is -2.78. The van der Waals surface area contributed by atoms with Crippen LogP contribution in [0.2, 0.25) is 0 Å². The van der Waals surface area contributed by atoms with E-state index in [9.17, 15) is 9.59 Å². The summed E-state index contributed by atoms with van der Waals surface area (Å²) in [6, 6.07) is 6.89. The van der Waals surface area contributed by atoms with Gasteiger partial charge in [0.05, 0.1) is 12.1 Å². The second-order valence-corrected chi connectivity index (χ2v) is 6.35. The summed E-state index contributed by atoms with van der Waals surface area (Å²) in [6.45, 7) is 1.76. The first-order valence-corrected chi connectivity index (χ1v) is 8.60. The van der Waals surface area contributed by atoms with Gasteiger partial charge in [-0.1, -0.05) is 12.2 Å². The Balaban J connectivity index is 1.70. The molecule has 3 rings (SSSR count). The standard InChI is InChI=1S/C16H14N4O3S2/c1-9(21)18-7-10-4-5-13(23-10)12-8-25-16(19-12)20-14(22)11-3-2-6-17-15(11)24/h2-6,8H,7H2,1H3,(H,17,24)(H,18,21)(H,19,20,22). The van der Waals surface area contributed by atoms with Gasteiger partial charge in [-0.25, -0.2) is 4.98 Å². The highest BCUT2D eigenvalue weighted by Gasteiger charge is 2.13. The Kier molecular flexibility index (Phi) is 5.05. The molecule has 0 aliphatic carbocycles. The van der Waals surface area contributed by atoms with Crippen molar-refractivity contribution in [3.05, 3.63) is 51.8 Å². The fourth-order valence-electron chi connectivity index (χ4n) is 2.03. The predicted octanol–water partition coefficient (Wildman–Crippen LogP) is 3.35. The Bertz CT molecular complexity index is 973. The summed E-state index contributed by atoms with van der Waals surface area (Å²) in [5.41, 5.74) is 0.984. The maximum atomic E-state index is 12.2. The van der Waals surface area contributed by atoms with Crippen LogP contribution in [0.3, 0.4) is 0 Å². The van der Waals surface area contributed by atoms with Gasteiger partial charge in [-0.05, 0) is 24.3 Å². The number of thiazole rings is 1. The topological polar surface area (TPSA) is 100 Å². The van der Waals surface area contributed by atoms with Crippen LogP contribution in [0, 0.1) is 4.64 Å². The van der Waals surface area contributed by atoms with E-state index in [1.807, 2.05) is 0 Å². The number of furan rings is 1. The van der Waals surface area contributed by atoms with Gasteiger partial charge in [0.1, 0.15) is 16.1 Å². The Labute approximate surface area is 152 Å². The number of aromatic amines is 1. The summed E-state index contributed by atoms with van der Waals surface area (Å²) in [6.07, 6.45) is 1.66. The van der Waals surface area contributed by atoms with Crippen molar-refractivity contribution >= 4 is 40.5 Å². The van der Waals surface area contributed by atoms with Crippen LogP contribution in [-0.4, -0.2) is 21.8 Å². The SMILES string of the molecule is CC(=O)NCc1ccc(-c2csc(NC(=O)c3ccc[nH]c3=S)n2)o1. The van der Waals surface area contributed by atoms with E-state index in [1.165, 1.54) is 18.3 Å². The number of nitrogens with one attached hydrogen (secondary N) is 3. The van der Waals surface area contributed by atoms with E-state index in [2.05, 4.69) is 20.6 Å². The van der Waals surface area contributed by atoms with Crippen LogP contribution in [0.1, 0.15) is 23.0 Å². The number of rotatable bonds is 5. The molecule has 0 unspecified atom stereocenters. The number of carbonyl (C=O) groups is 2. The summed E-state index contributed by atoms with van der Waals surface area (Å²) < 4.78 is 6.00. The lowest BCUT2D eigenvalue weighted by Gasteiger charge is -2.01. The van der Waals surface area contributed by atoms with Gasteiger partial charge in [0, 0.05) is 18.5 Å². The number of nitrogens with zero attached hydrogens (tertiary/aromatic N) is 1. The van der Waals surface area contributed by atoms with E-state index < -0.39 is 0 Å². The molecule has 0 saturated heterocycles. The van der Waals surface area contributed by atoms with Crippen molar-refractivity contribution < 1.29 is 14.0 Å². The van der Waals surface area contributed by atoms with Gasteiger partial charge in [-0.3, -0.25) is 14.9 Å². The third-order valence-electron chi connectivity index (χ3n) is 3.21. The number of carbonyl (C=O) groups excluding carboxylic acids is 2. The molecule has 0 bridgehead atoms. The zero-order valence-corrected chi connectivity index (χ0v) is 14.8. The van der Waals surface area contributed by atoms with Crippen molar-refractivity contribution in [3.8, 4) is 11.5 Å². The Morgan fingerprint density at radius 1 is 1.36 bits per heavy atom. The van der Waals surface area contributed by atoms with Crippen molar-refractivity contribution in [3.63, 3.8) is 0 Å². The Morgan fingerprint density at radius 2 is 2.20 bits per heavy atom. The van der Waals surface area contributed by atoms with Crippen LogP contribution in [-0.2, 0) is 11.3 Å². The van der Waals surface area contributed by atoms with Crippen LogP contribution in [0.15, 0.2) is 40.3 Å². The van der Waals surface area contributed by atoms with Crippen LogP contribution in [0.4, 0.5) is 5.13 Å². The fourth-order valence-corrected chi connectivity index (χ4v) is 2.95. The highest BCUT2D eigenvalue weighted by molar-refractivity contribution is 7.71. The molecule has 7 nitrogen and oxygen atoms in total. The average Bonchev–Trinajstić information content (AvgIpc) is 3.22. The van der Waals surface area contributed by atoms with Gasteiger partial charge in [-0.15, -0.1) is 11.3 Å². The summed E-state index contributed by atoms with van der Waals surface area (Å²) in [7, 11) is 0. The monoisotopic (exact) mass is 374 g/mol. The molecule has 0 spiro atoms. The number of amides is 2. The van der Waals surface area contributed by atoms with Gasteiger partial charge in [0.2, 0.25) is 5.91 Å². The number of hydrogen-bond acceptors (Lipinski definition) is 6. The van der Waals surface area contributed by atoms with Gasteiger partial charge >= 0.3 is 0 Å². The zero-order chi connectivity index (χ0) is 17.8. The smallest absolute Gasteiger partial charge is 0.260 e. The number of hydrogen-bond donors (Lipinski definition) is 3. The zero-order valence-electron chi connectivity index (χ0n) is 13.2. The number of H-pyrrole nitrogens is 1. The van der Waals surface area contributed by atoms with Crippen LogP contribution in [0.25, 0.3) is 11.5 Å². The summed E-state index contributed by atoms with van der Waals surface area (Å²) >= 11 is 6.38. The highest BCUT2D eigenvalue weighted by Crippen LogP contribution is 2.26. The number of anilines is 1. The minimum absolute atomic E-state index is 0.129. The molecule has 25 heavy (non-hydrogen) atoms. The second-order valence-electron chi connectivity index (χ2n) is 5.08. The summed E-state index contributed by atoms with van der Waals surface area (Å²) in [4.78, 5) is 30.3. The molecule has 3 aromatic heterocycles. The molecular weight excluding hydrogens is 360 g/mol. The highest BCUT2D eigenvalue weighted by atomic mass is 32.1. The van der Waals surface area contributed by atoms with E-state index in [0.29, 0.717) is 39.1 Å². The van der Waals surface area contributed by atoms with Gasteiger partial charge in [0.25, 0.3) is 5.91 Å². The first-order valence-electron chi connectivity index (χ1n) is 7.31. The third-order valence-corrected chi connectivity index (χ3v) is 4.31. The average molecular weight is 374 g/mol. The Morgan fingerprint density at radius 3 is 2.96 bits per heavy atom. The van der Waals surface area contributed by atoms with E-state index >= 15 is 0 Å². The van der Waals surface area contributed by atoms with E-state index in [-0.39, 0.29) is 11.8 Å². The van der Waals surface area contributed by atoms with Crippen molar-refractivity contribution in [1.29, 1.82) is 0 Å². The number of aromatic nitrogens is 2. The molecule has 128 valence electrons. The van der Waals surface area contributed by atoms with Crippen molar-refractivity contribution in [2.24, 2.45) is 0 Å². The van der Waals surface area contributed by atoms with E-state index in [4.69, 9.17) is 16.6 Å². The predicted molar refractivity (Wildman–Crippen MR) is 96.9 cm³/mol. The molecule has 9 heteroatoms. The lowest BCUT2D eigenvalue weighted by atomic mass is 10.3. The van der Waals surface area contributed by atoms with Gasteiger partial charge < -0.3 is 14.7 Å². The lowest BCUT2D eigenvalue weighted by Crippen LogP contribution is -2.18. The molecule has 0 aliphatic rings. The molecule has 0 atom stereocenters. The van der Waals surface area contributed by atoms with E-state index in [1.54, 1.807) is 35.8 Å². The normalized spacial score (nSPS) is 10.4. The van der Waals surface area contributed by atoms with Crippen LogP contribution >= 0.6 is 23.6 Å². The molecule has 0 saturated carbocycles. The quantitative estimate of drug-likeness (QED) is 0.595. The fraction of sp³-hybridized carbons (Fsp3) is 0.125. The number of pyridine rings is 1. The largest absolute Gasteiger partial charge is 0.458 e. The molecule has 3 N–H and O–H groups in total. The molecule has 0 aromatic carbocycles. The summed E-state index contributed by atoms with van der Waals surface area (Å²) in [5.74, 6) is 0.734. The third kappa shape index (κ3) is 4.20. The first-order chi connectivity index (χ1) is 12.0. The van der Waals surface area contributed by atoms with Gasteiger partial charge in [0.15, 0.2) is 10.9 Å². The first kappa shape index (κ1) is 17.1. The molecule has 2 amide bonds. The molecule has 0 fully saturated rings. The van der Waals surface area contributed by atoms with Crippen LogP contribution < -0.4 is 10.6 Å². The van der Waals surface area contributed by atoms with Crippen molar-refractivity contribution in [1.82, 2.24) is 15.3 Å². The second kappa shape index (κ2) is 7.41. The van der Waals surface area contributed by atoms with Gasteiger partial charge in [-0.2, -0.15) is 0 Å². The minimum Gasteiger partial charge on any atom is -0.458 e. The molecule has 0 radical (unpaired) electrons. The molecule has 3 aromatic rings. The molecule has 3 heterocycles. The van der Waals surface area contributed by atoms with Crippen LogP contribution in [0.5, 0.6) is 0 Å². The van der Waals surface area contributed by atoms with Crippen molar-refractivity contribution in [2.45, 2.75) is 13.5 Å². The lowest BCUT2D eigenvalue weighted by molar-refractivity contribution is -0.119. The minimum atomic E-state index is -0.325. The summed E-state index contributed by atoms with van der Waals surface area (Å²) in [5, 5.41) is 7.60. The molecule has 0 aliphatic heterocycles. The van der Waals surface area contributed by atoms with E-state index in [0.717, 1.165) is 0 Å².